The molecule has 0 aliphatic heterocycles. The molecule has 0 atom stereocenters. The lowest BCUT2D eigenvalue weighted by Gasteiger charge is -2.08. The van der Waals surface area contributed by atoms with Gasteiger partial charge in [0.05, 0.1) is 11.3 Å². The quantitative estimate of drug-likeness (QED) is 0.518. The minimum Gasteiger partial charge on any atom is -0.375 e. The van der Waals surface area contributed by atoms with Crippen molar-refractivity contribution in [2.75, 3.05) is 5.43 Å². The number of aromatic nitrogens is 5. The first-order valence-electron chi connectivity index (χ1n) is 8.11. The van der Waals surface area contributed by atoms with E-state index < -0.39 is 5.56 Å². The van der Waals surface area contributed by atoms with Crippen molar-refractivity contribution in [3.63, 3.8) is 0 Å². The highest BCUT2D eigenvalue weighted by Crippen LogP contribution is 2.29. The zero-order chi connectivity index (χ0) is 19.1. The van der Waals surface area contributed by atoms with Gasteiger partial charge in [0.15, 0.2) is 16.3 Å². The predicted octanol–water partition coefficient (Wildman–Crippen LogP) is 1.59. The van der Waals surface area contributed by atoms with Crippen LogP contribution in [0.2, 0.25) is 0 Å². The summed E-state index contributed by atoms with van der Waals surface area (Å²) in [7, 11) is 0. The van der Waals surface area contributed by atoms with Crippen molar-refractivity contribution in [1.29, 1.82) is 0 Å². The van der Waals surface area contributed by atoms with Gasteiger partial charge in [0.1, 0.15) is 11.3 Å². The molecule has 0 amide bonds. The Kier molecular flexibility index (Phi) is 4.04. The molecule has 3 aromatic heterocycles. The smallest absolute Gasteiger partial charge is 0.299 e. The fraction of sp³-hybridized carbons (Fsp3) is 0.118. The van der Waals surface area contributed by atoms with Crippen molar-refractivity contribution >= 4 is 34.0 Å². The van der Waals surface area contributed by atoms with Gasteiger partial charge in [0, 0.05) is 6.20 Å². The maximum atomic E-state index is 13.3. The van der Waals surface area contributed by atoms with Crippen LogP contribution in [0.3, 0.4) is 0 Å². The Morgan fingerprint density at radius 3 is 2.67 bits per heavy atom. The van der Waals surface area contributed by atoms with E-state index in [0.717, 1.165) is 21.5 Å². The summed E-state index contributed by atoms with van der Waals surface area (Å²) in [6.07, 6.45) is 2.13. The average Bonchev–Trinajstić information content (AvgIpc) is 3.03. The molecule has 8 nitrogen and oxygen atoms in total. The molecule has 136 valence electrons. The SMILES string of the molecule is CCc1nn2c(nnc3c(=O)n(NC(N)=S)ccc32)c1-c1ccc(F)cc1. The molecule has 0 bridgehead atoms. The van der Waals surface area contributed by atoms with Gasteiger partial charge in [-0.2, -0.15) is 5.10 Å². The summed E-state index contributed by atoms with van der Waals surface area (Å²) in [5, 5.41) is 12.8. The van der Waals surface area contributed by atoms with Crippen LogP contribution in [0, 0.1) is 5.82 Å². The first kappa shape index (κ1) is 17.0. The van der Waals surface area contributed by atoms with E-state index in [1.807, 2.05) is 6.92 Å². The van der Waals surface area contributed by atoms with Crippen LogP contribution in [-0.4, -0.2) is 29.6 Å². The number of hydrogen-bond donors (Lipinski definition) is 2. The summed E-state index contributed by atoms with van der Waals surface area (Å²) in [5.41, 5.74) is 10.9. The number of nitrogens with zero attached hydrogens (tertiary/aromatic N) is 5. The lowest BCUT2D eigenvalue weighted by Crippen LogP contribution is -2.36. The second-order valence-electron chi connectivity index (χ2n) is 5.82. The van der Waals surface area contributed by atoms with Crippen LogP contribution < -0.4 is 16.7 Å². The Balaban J connectivity index is 2.01. The van der Waals surface area contributed by atoms with Crippen molar-refractivity contribution in [3.05, 3.63) is 58.4 Å². The number of benzene rings is 1. The molecule has 3 N–H and O–H groups in total. The minimum atomic E-state index is -0.452. The van der Waals surface area contributed by atoms with Crippen LogP contribution in [0.15, 0.2) is 41.3 Å². The van der Waals surface area contributed by atoms with E-state index >= 15 is 0 Å². The molecule has 0 spiro atoms. The van der Waals surface area contributed by atoms with E-state index in [2.05, 4.69) is 20.7 Å². The molecule has 10 heteroatoms. The van der Waals surface area contributed by atoms with E-state index in [9.17, 15) is 9.18 Å². The van der Waals surface area contributed by atoms with Gasteiger partial charge < -0.3 is 5.73 Å². The van der Waals surface area contributed by atoms with Crippen molar-refractivity contribution in [3.8, 4) is 11.1 Å². The molecule has 3 heterocycles. The number of rotatable bonds is 3. The number of fused-ring (bicyclic) bond motifs is 3. The van der Waals surface area contributed by atoms with Crippen LogP contribution in [-0.2, 0) is 6.42 Å². The molecular weight excluding hydrogens is 369 g/mol. The Labute approximate surface area is 157 Å². The molecule has 0 aliphatic rings. The number of aryl methyl sites for hydroxylation is 1. The molecule has 4 rings (SSSR count). The lowest BCUT2D eigenvalue weighted by molar-refractivity contribution is 0.628. The van der Waals surface area contributed by atoms with E-state index in [1.165, 1.54) is 18.3 Å². The monoisotopic (exact) mass is 383 g/mol. The van der Waals surface area contributed by atoms with Crippen molar-refractivity contribution in [2.24, 2.45) is 5.73 Å². The van der Waals surface area contributed by atoms with Crippen LogP contribution in [0.25, 0.3) is 27.8 Å². The number of nitrogens with one attached hydrogen (secondary N) is 1. The Morgan fingerprint density at radius 1 is 1.26 bits per heavy atom. The van der Waals surface area contributed by atoms with Crippen molar-refractivity contribution in [2.45, 2.75) is 13.3 Å². The van der Waals surface area contributed by atoms with Crippen molar-refractivity contribution < 1.29 is 4.39 Å². The van der Waals surface area contributed by atoms with E-state index in [1.54, 1.807) is 22.7 Å². The van der Waals surface area contributed by atoms with Gasteiger partial charge in [-0.3, -0.25) is 10.2 Å². The average molecular weight is 383 g/mol. The fourth-order valence-corrected chi connectivity index (χ4v) is 3.06. The highest BCUT2D eigenvalue weighted by molar-refractivity contribution is 7.80. The molecule has 0 fully saturated rings. The maximum Gasteiger partial charge on any atom is 0.299 e. The Morgan fingerprint density at radius 2 is 2.00 bits per heavy atom. The van der Waals surface area contributed by atoms with E-state index in [4.69, 9.17) is 18.0 Å². The standard InChI is InChI=1S/C17H14FN7OS/c1-2-11-13(9-3-5-10(18)6-4-9)15-21-20-14-12(25(15)22-11)7-8-24(16(14)26)23-17(19)27/h3-8H,2H2,1H3,(H3,19,23,27). The van der Waals surface area contributed by atoms with Crippen LogP contribution >= 0.6 is 12.2 Å². The van der Waals surface area contributed by atoms with E-state index in [-0.39, 0.29) is 16.4 Å². The fourth-order valence-electron chi connectivity index (χ4n) is 2.96. The number of thiocarbonyl (C=S) groups is 1. The zero-order valence-corrected chi connectivity index (χ0v) is 15.0. The normalized spacial score (nSPS) is 11.2. The van der Waals surface area contributed by atoms with Gasteiger partial charge in [0.25, 0.3) is 5.56 Å². The molecule has 0 aliphatic carbocycles. The molecule has 27 heavy (non-hydrogen) atoms. The molecule has 0 saturated heterocycles. The summed E-state index contributed by atoms with van der Waals surface area (Å²) in [4.78, 5) is 12.6. The lowest BCUT2D eigenvalue weighted by atomic mass is 10.0. The van der Waals surface area contributed by atoms with Crippen LogP contribution in [0.4, 0.5) is 4.39 Å². The topological polar surface area (TPSA) is 103 Å². The summed E-state index contributed by atoms with van der Waals surface area (Å²) < 4.78 is 16.0. The van der Waals surface area contributed by atoms with Gasteiger partial charge in [-0.25, -0.2) is 13.6 Å². The first-order chi connectivity index (χ1) is 13.0. The molecule has 0 saturated carbocycles. The van der Waals surface area contributed by atoms with Gasteiger partial charge in [-0.05, 0) is 42.4 Å². The summed E-state index contributed by atoms with van der Waals surface area (Å²) in [6.45, 7) is 1.96. The molecule has 1 aromatic carbocycles. The third kappa shape index (κ3) is 2.79. The number of nitrogens with two attached hydrogens (primary N) is 1. The highest BCUT2D eigenvalue weighted by Gasteiger charge is 2.18. The summed E-state index contributed by atoms with van der Waals surface area (Å²) in [6, 6.07) is 7.77. The van der Waals surface area contributed by atoms with Gasteiger partial charge in [-0.15, -0.1) is 10.2 Å². The first-order valence-corrected chi connectivity index (χ1v) is 8.52. The third-order valence-corrected chi connectivity index (χ3v) is 4.24. The van der Waals surface area contributed by atoms with Gasteiger partial charge in [-0.1, -0.05) is 19.1 Å². The number of halogens is 1. The molecule has 4 aromatic rings. The minimum absolute atomic E-state index is 0.0450. The zero-order valence-electron chi connectivity index (χ0n) is 14.2. The summed E-state index contributed by atoms with van der Waals surface area (Å²) in [5.74, 6) is -0.323. The summed E-state index contributed by atoms with van der Waals surface area (Å²) >= 11 is 4.76. The second-order valence-corrected chi connectivity index (χ2v) is 6.26. The highest BCUT2D eigenvalue weighted by atomic mass is 32.1. The predicted molar refractivity (Wildman–Crippen MR) is 103 cm³/mol. The Bertz CT molecular complexity index is 1250. The number of hydrogen-bond acceptors (Lipinski definition) is 5. The molecule has 0 radical (unpaired) electrons. The second kappa shape index (κ2) is 6.40. The van der Waals surface area contributed by atoms with Crippen molar-refractivity contribution in [1.82, 2.24) is 24.5 Å². The van der Waals surface area contributed by atoms with Crippen LogP contribution in [0.5, 0.6) is 0 Å². The van der Waals surface area contributed by atoms with Gasteiger partial charge >= 0.3 is 0 Å². The number of pyridine rings is 1. The largest absolute Gasteiger partial charge is 0.375 e. The van der Waals surface area contributed by atoms with Gasteiger partial charge in [0.2, 0.25) is 0 Å². The maximum absolute atomic E-state index is 13.3. The molecular formula is C17H14FN7OS. The van der Waals surface area contributed by atoms with Crippen LogP contribution in [0.1, 0.15) is 12.6 Å². The molecule has 0 unspecified atom stereocenters. The Hall–Kier alpha value is -3.40. The third-order valence-electron chi connectivity index (χ3n) is 4.15. The van der Waals surface area contributed by atoms with E-state index in [0.29, 0.717) is 17.6 Å².